The number of aliphatic imine (C=N–C) groups is 1. The molecule has 0 atom stereocenters. The highest BCUT2D eigenvalue weighted by molar-refractivity contribution is 5.87. The van der Waals surface area contributed by atoms with E-state index in [9.17, 15) is 9.90 Å². The third-order valence-corrected chi connectivity index (χ3v) is 5.60. The van der Waals surface area contributed by atoms with Gasteiger partial charge >= 0.3 is 5.97 Å². The predicted molar refractivity (Wildman–Crippen MR) is 146 cm³/mol. The molecule has 2 rings (SSSR count). The van der Waals surface area contributed by atoms with Gasteiger partial charge in [-0.1, -0.05) is 39.2 Å². The normalized spacial score (nSPS) is 10.9. The average Bonchev–Trinajstić information content (AvgIpc) is 2.87. The molecule has 0 fully saturated rings. The van der Waals surface area contributed by atoms with Crippen molar-refractivity contribution >= 4 is 17.9 Å². The molecule has 0 bridgehead atoms. The van der Waals surface area contributed by atoms with Crippen LogP contribution in [0.2, 0.25) is 0 Å². The lowest BCUT2D eigenvalue weighted by atomic mass is 10.2. The van der Waals surface area contributed by atoms with E-state index in [0.29, 0.717) is 30.1 Å². The zero-order valence-corrected chi connectivity index (χ0v) is 21.8. The number of benzene rings is 2. The van der Waals surface area contributed by atoms with E-state index in [1.807, 2.05) is 30.3 Å². The minimum Gasteiger partial charge on any atom is -0.507 e. The third-order valence-electron chi connectivity index (χ3n) is 5.60. The lowest BCUT2D eigenvalue weighted by Crippen LogP contribution is -2.06. The molecule has 1 N–H and O–H groups in total. The Balaban J connectivity index is 1.66. The Kier molecular flexibility index (Phi) is 13.8. The number of unbranched alkanes of at least 4 members (excludes halogenated alkanes) is 7. The maximum Gasteiger partial charge on any atom is 0.333 e. The Labute approximate surface area is 216 Å². The number of ether oxygens (including phenoxy) is 3. The van der Waals surface area contributed by atoms with Crippen LogP contribution in [0.4, 0.5) is 5.69 Å². The fourth-order valence-corrected chi connectivity index (χ4v) is 3.43. The van der Waals surface area contributed by atoms with E-state index < -0.39 is 0 Å². The molecule has 6 heteroatoms. The molecule has 0 heterocycles. The quantitative estimate of drug-likeness (QED) is 0.1000. The van der Waals surface area contributed by atoms with Crippen LogP contribution in [-0.4, -0.2) is 37.1 Å². The minimum absolute atomic E-state index is 0.124. The van der Waals surface area contributed by atoms with E-state index in [2.05, 4.69) is 18.5 Å². The van der Waals surface area contributed by atoms with Crippen LogP contribution in [0.5, 0.6) is 17.2 Å². The van der Waals surface area contributed by atoms with E-state index in [4.69, 9.17) is 14.2 Å². The van der Waals surface area contributed by atoms with Crippen molar-refractivity contribution < 1.29 is 24.1 Å². The van der Waals surface area contributed by atoms with Gasteiger partial charge in [0.15, 0.2) is 0 Å². The maximum absolute atomic E-state index is 11.3. The van der Waals surface area contributed by atoms with Crippen molar-refractivity contribution in [2.45, 2.75) is 71.6 Å². The van der Waals surface area contributed by atoms with E-state index >= 15 is 0 Å². The number of hydrogen-bond donors (Lipinski definition) is 1. The second-order valence-corrected chi connectivity index (χ2v) is 8.91. The molecule has 0 unspecified atom stereocenters. The second-order valence-electron chi connectivity index (χ2n) is 8.91. The van der Waals surface area contributed by atoms with Gasteiger partial charge in [-0.25, -0.2) is 4.79 Å². The molecule has 2 aromatic rings. The number of carbonyl (C=O) groups excluding carboxylic acids is 1. The number of aromatic hydroxyl groups is 1. The fraction of sp³-hybridized carbons (Fsp3) is 0.467. The van der Waals surface area contributed by atoms with Gasteiger partial charge in [0, 0.05) is 23.4 Å². The maximum atomic E-state index is 11.3. The number of phenolic OH excluding ortho intramolecular Hbond substituents is 1. The van der Waals surface area contributed by atoms with Crippen molar-refractivity contribution in [1.29, 1.82) is 0 Å². The summed E-state index contributed by atoms with van der Waals surface area (Å²) in [6.45, 7) is 9.13. The summed E-state index contributed by atoms with van der Waals surface area (Å²) in [6.07, 6.45) is 11.4. The van der Waals surface area contributed by atoms with Crippen LogP contribution in [0.15, 0.2) is 59.6 Å². The standard InChI is InChI=1S/C30H41NO5/c1-4-5-6-7-10-19-34-27-17-14-26(15-18-27)31-23-25-13-16-28(22-29(25)32)35-20-11-8-9-12-21-36-30(33)24(2)3/h13-18,22-23,32H,2,4-12,19-21H2,1,3H3. The van der Waals surface area contributed by atoms with Crippen molar-refractivity contribution in [3.8, 4) is 17.2 Å². The lowest BCUT2D eigenvalue weighted by molar-refractivity contribution is -0.139. The van der Waals surface area contributed by atoms with Crippen LogP contribution >= 0.6 is 0 Å². The van der Waals surface area contributed by atoms with Gasteiger partial charge in [-0.2, -0.15) is 0 Å². The zero-order valence-electron chi connectivity index (χ0n) is 21.8. The van der Waals surface area contributed by atoms with Gasteiger partial charge in [-0.05, 0) is 75.4 Å². The Bertz CT molecular complexity index is 952. The monoisotopic (exact) mass is 495 g/mol. The first-order chi connectivity index (χ1) is 17.5. The molecular weight excluding hydrogens is 454 g/mol. The molecule has 0 amide bonds. The van der Waals surface area contributed by atoms with Gasteiger partial charge in [0.1, 0.15) is 17.2 Å². The molecule has 2 aromatic carbocycles. The first-order valence-corrected chi connectivity index (χ1v) is 13.0. The van der Waals surface area contributed by atoms with Crippen LogP contribution in [0.1, 0.15) is 77.2 Å². The average molecular weight is 496 g/mol. The smallest absolute Gasteiger partial charge is 0.333 e. The summed E-state index contributed by atoms with van der Waals surface area (Å²) in [4.78, 5) is 15.8. The van der Waals surface area contributed by atoms with Crippen LogP contribution in [0.25, 0.3) is 0 Å². The van der Waals surface area contributed by atoms with Crippen LogP contribution < -0.4 is 9.47 Å². The van der Waals surface area contributed by atoms with Gasteiger partial charge in [0.2, 0.25) is 0 Å². The van der Waals surface area contributed by atoms with Crippen LogP contribution in [0.3, 0.4) is 0 Å². The molecule has 0 aliphatic carbocycles. The van der Waals surface area contributed by atoms with Crippen molar-refractivity contribution in [1.82, 2.24) is 0 Å². The van der Waals surface area contributed by atoms with E-state index in [1.165, 1.54) is 25.7 Å². The van der Waals surface area contributed by atoms with Crippen molar-refractivity contribution in [2.75, 3.05) is 19.8 Å². The molecule has 36 heavy (non-hydrogen) atoms. The summed E-state index contributed by atoms with van der Waals surface area (Å²) in [5, 5.41) is 10.3. The lowest BCUT2D eigenvalue weighted by Gasteiger charge is -2.08. The van der Waals surface area contributed by atoms with Crippen molar-refractivity contribution in [3.05, 3.63) is 60.2 Å². The Morgan fingerprint density at radius 3 is 2.06 bits per heavy atom. The molecule has 0 aliphatic rings. The van der Waals surface area contributed by atoms with Gasteiger partial charge in [-0.3, -0.25) is 4.99 Å². The predicted octanol–water partition coefficient (Wildman–Crippen LogP) is 7.55. The van der Waals surface area contributed by atoms with Crippen LogP contribution in [-0.2, 0) is 9.53 Å². The van der Waals surface area contributed by atoms with Gasteiger partial charge < -0.3 is 19.3 Å². The molecule has 6 nitrogen and oxygen atoms in total. The van der Waals surface area contributed by atoms with E-state index in [0.717, 1.165) is 50.1 Å². The number of carbonyl (C=O) groups is 1. The van der Waals surface area contributed by atoms with Crippen molar-refractivity contribution in [3.63, 3.8) is 0 Å². The number of nitrogens with zero attached hydrogens (tertiary/aromatic N) is 1. The highest BCUT2D eigenvalue weighted by Gasteiger charge is 2.04. The summed E-state index contributed by atoms with van der Waals surface area (Å²) in [6, 6.07) is 12.9. The molecule has 0 aromatic heterocycles. The summed E-state index contributed by atoms with van der Waals surface area (Å²) in [7, 11) is 0. The van der Waals surface area contributed by atoms with Gasteiger partial charge in [0.25, 0.3) is 0 Å². The zero-order chi connectivity index (χ0) is 26.0. The van der Waals surface area contributed by atoms with Gasteiger partial charge in [0.05, 0.1) is 25.5 Å². The largest absolute Gasteiger partial charge is 0.507 e. The Morgan fingerprint density at radius 1 is 0.861 bits per heavy atom. The number of esters is 1. The number of hydrogen-bond acceptors (Lipinski definition) is 6. The number of rotatable bonds is 18. The van der Waals surface area contributed by atoms with Crippen LogP contribution in [0, 0.1) is 0 Å². The number of phenols is 1. The summed E-state index contributed by atoms with van der Waals surface area (Å²) < 4.78 is 16.6. The fourth-order valence-electron chi connectivity index (χ4n) is 3.43. The van der Waals surface area contributed by atoms with Crippen molar-refractivity contribution in [2.24, 2.45) is 4.99 Å². The first kappa shape index (κ1) is 29.0. The first-order valence-electron chi connectivity index (χ1n) is 13.0. The minimum atomic E-state index is -0.335. The molecular formula is C30H41NO5. The topological polar surface area (TPSA) is 77.4 Å². The third kappa shape index (κ3) is 11.9. The molecule has 196 valence electrons. The van der Waals surface area contributed by atoms with Gasteiger partial charge in [-0.15, -0.1) is 0 Å². The SMILES string of the molecule is C=C(C)C(=O)OCCCCCCOc1ccc(C=Nc2ccc(OCCCCCCC)cc2)c(O)c1. The summed E-state index contributed by atoms with van der Waals surface area (Å²) >= 11 is 0. The Morgan fingerprint density at radius 2 is 1.44 bits per heavy atom. The second kappa shape index (κ2) is 17.2. The highest BCUT2D eigenvalue weighted by atomic mass is 16.5. The molecule has 0 saturated carbocycles. The Hall–Kier alpha value is -3.28. The molecule has 0 spiro atoms. The molecule has 0 saturated heterocycles. The molecule has 0 radical (unpaired) electrons. The summed E-state index contributed by atoms with van der Waals surface area (Å²) in [5.41, 5.74) is 1.84. The van der Waals surface area contributed by atoms with E-state index in [1.54, 1.807) is 25.3 Å². The molecule has 0 aliphatic heterocycles. The highest BCUT2D eigenvalue weighted by Crippen LogP contribution is 2.24. The van der Waals surface area contributed by atoms with E-state index in [-0.39, 0.29) is 11.7 Å². The summed E-state index contributed by atoms with van der Waals surface area (Å²) in [5.74, 6) is 1.26.